The Morgan fingerprint density at radius 3 is 2.58 bits per heavy atom. The molecule has 1 aromatic carbocycles. The summed E-state index contributed by atoms with van der Waals surface area (Å²) in [5.41, 5.74) is 2.51. The fourth-order valence-electron chi connectivity index (χ4n) is 6.89. The second kappa shape index (κ2) is 9.39. The molecule has 0 aromatic heterocycles. The summed E-state index contributed by atoms with van der Waals surface area (Å²) in [6, 6.07) is 5.75. The molecule has 3 fully saturated rings. The van der Waals surface area contributed by atoms with Crippen molar-refractivity contribution in [1.82, 2.24) is 0 Å². The van der Waals surface area contributed by atoms with Gasteiger partial charge in [0.15, 0.2) is 6.10 Å². The molecule has 1 aromatic rings. The van der Waals surface area contributed by atoms with Crippen LogP contribution in [0.1, 0.15) is 57.5 Å². The number of aliphatic carboxylic acids is 1. The van der Waals surface area contributed by atoms with Gasteiger partial charge in [-0.2, -0.15) is 0 Å². The molecule has 0 radical (unpaired) electrons. The SMILES string of the molecule is CC12CCC3c4ccc(OC5OC(C(=O)O)C(O)C(O)C5O)cc4CCC3C1CCC2O.[H-].[Na+]. The molecule has 0 amide bonds. The number of carboxylic acids is 1. The van der Waals surface area contributed by atoms with Gasteiger partial charge in [-0.1, -0.05) is 13.0 Å². The fraction of sp³-hybridized carbons (Fsp3) is 0.708. The second-order valence-corrected chi connectivity index (χ2v) is 10.3. The number of hydrogen-bond acceptors (Lipinski definition) is 7. The van der Waals surface area contributed by atoms with Gasteiger partial charge in [-0.15, -0.1) is 0 Å². The Morgan fingerprint density at radius 2 is 1.85 bits per heavy atom. The van der Waals surface area contributed by atoms with E-state index in [4.69, 9.17) is 9.47 Å². The summed E-state index contributed by atoms with van der Waals surface area (Å²) in [4.78, 5) is 11.3. The molecule has 3 aliphatic carbocycles. The molecule has 1 heterocycles. The predicted molar refractivity (Wildman–Crippen MR) is 113 cm³/mol. The van der Waals surface area contributed by atoms with Crippen LogP contribution in [0.3, 0.4) is 0 Å². The van der Waals surface area contributed by atoms with Gasteiger partial charge in [0.1, 0.15) is 24.1 Å². The van der Waals surface area contributed by atoms with Gasteiger partial charge in [-0.3, -0.25) is 0 Å². The van der Waals surface area contributed by atoms with Crippen molar-refractivity contribution in [3.05, 3.63) is 29.3 Å². The van der Waals surface area contributed by atoms with E-state index in [9.17, 15) is 30.3 Å². The maximum Gasteiger partial charge on any atom is 1.00 e. The third kappa shape index (κ3) is 4.16. The van der Waals surface area contributed by atoms with E-state index in [0.29, 0.717) is 23.5 Å². The Kier molecular flexibility index (Phi) is 7.22. The third-order valence-electron chi connectivity index (χ3n) is 8.71. The number of carboxylic acid groups (broad SMARTS) is 1. The minimum absolute atomic E-state index is 0. The third-order valence-corrected chi connectivity index (χ3v) is 8.71. The van der Waals surface area contributed by atoms with E-state index in [-0.39, 0.29) is 42.5 Å². The van der Waals surface area contributed by atoms with Crippen molar-refractivity contribution in [3.63, 3.8) is 0 Å². The molecule has 10 unspecified atom stereocenters. The van der Waals surface area contributed by atoms with Crippen molar-refractivity contribution < 1.29 is 70.8 Å². The van der Waals surface area contributed by atoms with Crippen molar-refractivity contribution in [1.29, 1.82) is 0 Å². The van der Waals surface area contributed by atoms with Gasteiger partial charge < -0.3 is 36.4 Å². The van der Waals surface area contributed by atoms with E-state index < -0.39 is 36.7 Å². The molecule has 5 N–H and O–H groups in total. The molecule has 2 saturated carbocycles. The first-order valence-corrected chi connectivity index (χ1v) is 11.6. The first kappa shape index (κ1) is 25.4. The number of carbonyl (C=O) groups is 1. The molecule has 5 rings (SSSR count). The van der Waals surface area contributed by atoms with Crippen molar-refractivity contribution in [2.45, 2.75) is 88.2 Å². The van der Waals surface area contributed by atoms with Crippen LogP contribution in [0.15, 0.2) is 18.2 Å². The van der Waals surface area contributed by atoms with E-state index in [1.807, 2.05) is 12.1 Å². The summed E-state index contributed by atoms with van der Waals surface area (Å²) in [5, 5.41) is 49.8. The van der Waals surface area contributed by atoms with Gasteiger partial charge in [0.05, 0.1) is 6.10 Å². The zero-order chi connectivity index (χ0) is 22.8. The van der Waals surface area contributed by atoms with Crippen LogP contribution in [0, 0.1) is 17.3 Å². The van der Waals surface area contributed by atoms with Crippen LogP contribution in [-0.4, -0.2) is 68.3 Å². The molecule has 8 nitrogen and oxygen atoms in total. The summed E-state index contributed by atoms with van der Waals surface area (Å²) in [7, 11) is 0. The standard InChI is InChI=1S/C24H32O8.Na.H/c1-24-9-8-14-13-5-3-12(10-11(13)2-4-15(14)16(24)6-7-17(24)25)31-23-20(28)18(26)19(27)21(32-23)22(29)30;;/h3,5,10,14-21,23,25-28H,2,4,6-9H2,1H3,(H,29,30);;/q;+1;-1. The molecule has 0 spiro atoms. The summed E-state index contributed by atoms with van der Waals surface area (Å²) < 4.78 is 11.0. The van der Waals surface area contributed by atoms with Gasteiger partial charge in [0.25, 0.3) is 0 Å². The Labute approximate surface area is 216 Å². The van der Waals surface area contributed by atoms with Gasteiger partial charge in [-0.25, -0.2) is 4.79 Å². The van der Waals surface area contributed by atoms with Crippen LogP contribution in [0.4, 0.5) is 0 Å². The fourth-order valence-corrected chi connectivity index (χ4v) is 6.89. The van der Waals surface area contributed by atoms with Crippen molar-refractivity contribution in [3.8, 4) is 5.75 Å². The van der Waals surface area contributed by atoms with Crippen molar-refractivity contribution in [2.75, 3.05) is 0 Å². The quantitative estimate of drug-likeness (QED) is 0.328. The number of aryl methyl sites for hydroxylation is 1. The first-order chi connectivity index (χ1) is 15.2. The topological polar surface area (TPSA) is 137 Å². The van der Waals surface area contributed by atoms with Crippen LogP contribution in [0.2, 0.25) is 0 Å². The molecule has 178 valence electrons. The van der Waals surface area contributed by atoms with Gasteiger partial charge in [-0.05, 0) is 85.0 Å². The molecular weight excluding hydrogens is 439 g/mol. The van der Waals surface area contributed by atoms with E-state index in [0.717, 1.165) is 38.5 Å². The number of ether oxygens (including phenoxy) is 2. The zero-order valence-electron chi connectivity index (χ0n) is 20.1. The molecule has 0 bridgehead atoms. The van der Waals surface area contributed by atoms with Crippen LogP contribution in [0.25, 0.3) is 0 Å². The molecule has 4 aliphatic rings. The predicted octanol–water partition coefficient (Wildman–Crippen LogP) is -1.71. The summed E-state index contributed by atoms with van der Waals surface area (Å²) in [6.07, 6.45) is -2.28. The van der Waals surface area contributed by atoms with Gasteiger partial charge in [0.2, 0.25) is 6.29 Å². The second-order valence-electron chi connectivity index (χ2n) is 10.3. The van der Waals surface area contributed by atoms with Crippen molar-refractivity contribution in [2.24, 2.45) is 17.3 Å². The normalized spacial score (nSPS) is 44.1. The minimum atomic E-state index is -1.74. The summed E-state index contributed by atoms with van der Waals surface area (Å²) >= 11 is 0. The maximum absolute atomic E-state index is 11.3. The Bertz CT molecular complexity index is 902. The minimum Gasteiger partial charge on any atom is -1.00 e. The van der Waals surface area contributed by atoms with Gasteiger partial charge in [0, 0.05) is 0 Å². The Hall–Kier alpha value is -0.710. The maximum atomic E-state index is 11.3. The van der Waals surface area contributed by atoms with Gasteiger partial charge >= 0.3 is 35.5 Å². The van der Waals surface area contributed by atoms with E-state index in [1.165, 1.54) is 11.1 Å². The summed E-state index contributed by atoms with van der Waals surface area (Å²) in [5.74, 6) is 0.570. The van der Waals surface area contributed by atoms with Crippen LogP contribution < -0.4 is 34.3 Å². The smallest absolute Gasteiger partial charge is 1.00 e. The Morgan fingerprint density at radius 1 is 1.09 bits per heavy atom. The molecule has 1 saturated heterocycles. The summed E-state index contributed by atoms with van der Waals surface area (Å²) in [6.45, 7) is 2.25. The zero-order valence-corrected chi connectivity index (χ0v) is 21.1. The molecule has 10 atom stereocenters. The monoisotopic (exact) mass is 472 g/mol. The van der Waals surface area contributed by atoms with Crippen LogP contribution >= 0.6 is 0 Å². The number of hydrogen-bond donors (Lipinski definition) is 5. The molecule has 33 heavy (non-hydrogen) atoms. The largest absolute Gasteiger partial charge is 1.00 e. The average molecular weight is 473 g/mol. The molecular formula is C24H33NaO8. The average Bonchev–Trinajstić information content (AvgIpc) is 3.08. The molecule has 1 aliphatic heterocycles. The number of fused-ring (bicyclic) bond motifs is 5. The number of aliphatic hydroxyl groups excluding tert-OH is 4. The van der Waals surface area contributed by atoms with Crippen LogP contribution in [0.5, 0.6) is 5.75 Å². The van der Waals surface area contributed by atoms with Crippen molar-refractivity contribution >= 4 is 5.97 Å². The number of aliphatic hydroxyl groups is 4. The molecule has 9 heteroatoms. The van der Waals surface area contributed by atoms with E-state index in [2.05, 4.69) is 6.92 Å². The Balaban J connectivity index is 0.00000162. The first-order valence-electron chi connectivity index (χ1n) is 11.6. The van der Waals surface area contributed by atoms with E-state index >= 15 is 0 Å². The van der Waals surface area contributed by atoms with Crippen LogP contribution in [-0.2, 0) is 16.0 Å². The number of benzene rings is 1. The number of rotatable bonds is 3. The van der Waals surface area contributed by atoms with E-state index in [1.54, 1.807) is 6.07 Å².